The minimum absolute atomic E-state index is 0.00160. The van der Waals surface area contributed by atoms with E-state index in [1.807, 2.05) is 0 Å². The van der Waals surface area contributed by atoms with E-state index in [9.17, 15) is 13.6 Å². The van der Waals surface area contributed by atoms with Crippen molar-refractivity contribution >= 4 is 5.91 Å². The number of fused-ring (bicyclic) bond motifs is 1. The fourth-order valence-corrected chi connectivity index (χ4v) is 2.69. The molecular weight excluding hydrogens is 202 g/mol. The summed E-state index contributed by atoms with van der Waals surface area (Å²) >= 11 is 0. The summed E-state index contributed by atoms with van der Waals surface area (Å²) in [6.45, 7) is 1.01. The van der Waals surface area contributed by atoms with Gasteiger partial charge in [0.05, 0.1) is 0 Å². The van der Waals surface area contributed by atoms with E-state index in [2.05, 4.69) is 0 Å². The average Bonchev–Trinajstić information content (AvgIpc) is 2.68. The third-order valence-corrected chi connectivity index (χ3v) is 3.54. The van der Waals surface area contributed by atoms with Crippen LogP contribution in [0.3, 0.4) is 0 Å². The number of nitrogens with zero attached hydrogens (tertiary/aromatic N) is 1. The van der Waals surface area contributed by atoms with Crippen LogP contribution < -0.4 is 5.73 Å². The second kappa shape index (κ2) is 3.70. The summed E-state index contributed by atoms with van der Waals surface area (Å²) in [4.78, 5) is 13.0. The Kier molecular flexibility index (Phi) is 2.66. The number of halogens is 2. The van der Waals surface area contributed by atoms with Crippen molar-refractivity contribution in [2.75, 3.05) is 19.6 Å². The number of alkyl halides is 2. The second-order valence-electron chi connectivity index (χ2n) is 4.50. The van der Waals surface area contributed by atoms with Crippen LogP contribution >= 0.6 is 0 Å². The quantitative estimate of drug-likeness (QED) is 0.746. The minimum Gasteiger partial charge on any atom is -0.342 e. The highest BCUT2D eigenvalue weighted by atomic mass is 19.3. The molecule has 1 aliphatic carbocycles. The Balaban J connectivity index is 1.98. The van der Waals surface area contributed by atoms with Crippen LogP contribution in [0.4, 0.5) is 8.78 Å². The van der Waals surface area contributed by atoms with Crippen LogP contribution in [0.25, 0.3) is 0 Å². The van der Waals surface area contributed by atoms with Gasteiger partial charge in [-0.3, -0.25) is 4.79 Å². The van der Waals surface area contributed by atoms with Gasteiger partial charge in [0.2, 0.25) is 5.91 Å². The highest BCUT2D eigenvalue weighted by Gasteiger charge is 2.54. The van der Waals surface area contributed by atoms with Crippen molar-refractivity contribution in [1.29, 1.82) is 0 Å². The van der Waals surface area contributed by atoms with E-state index < -0.39 is 11.8 Å². The highest BCUT2D eigenvalue weighted by molar-refractivity contribution is 5.76. The topological polar surface area (TPSA) is 46.3 Å². The van der Waals surface area contributed by atoms with Crippen LogP contribution in [0.1, 0.15) is 19.3 Å². The molecule has 1 amide bonds. The van der Waals surface area contributed by atoms with Crippen molar-refractivity contribution in [3.05, 3.63) is 0 Å². The summed E-state index contributed by atoms with van der Waals surface area (Å²) in [5, 5.41) is 0. The number of hydrogen-bond donors (Lipinski definition) is 1. The van der Waals surface area contributed by atoms with E-state index in [0.29, 0.717) is 19.5 Å². The van der Waals surface area contributed by atoms with Gasteiger partial charge in [0.25, 0.3) is 5.92 Å². The smallest absolute Gasteiger partial charge is 0.252 e. The molecule has 0 radical (unpaired) electrons. The van der Waals surface area contributed by atoms with Crippen molar-refractivity contribution in [2.24, 2.45) is 17.6 Å². The van der Waals surface area contributed by atoms with Crippen LogP contribution in [0.5, 0.6) is 0 Å². The molecule has 0 aromatic rings. The Morgan fingerprint density at radius 2 is 2.20 bits per heavy atom. The molecule has 2 aliphatic rings. The van der Waals surface area contributed by atoms with Gasteiger partial charge in [-0.2, -0.15) is 0 Å². The predicted molar refractivity (Wildman–Crippen MR) is 51.4 cm³/mol. The molecule has 0 aromatic carbocycles. The maximum atomic E-state index is 13.4. The highest BCUT2D eigenvalue weighted by Crippen LogP contribution is 2.48. The molecule has 2 N–H and O–H groups in total. The first-order valence-corrected chi connectivity index (χ1v) is 5.40. The standard InChI is InChI=1S/C10H16F2N2O/c11-10(12)3-1-7-5-14(6-8(7)10)9(15)2-4-13/h7-8H,1-6,13H2/t7-,8-/m1/s1. The SMILES string of the molecule is NCCC(=O)N1C[C@H]2CCC(F)(F)[C@@H]2C1. The zero-order chi connectivity index (χ0) is 11.1. The van der Waals surface area contributed by atoms with Crippen molar-refractivity contribution in [2.45, 2.75) is 25.2 Å². The lowest BCUT2D eigenvalue weighted by atomic mass is 9.99. The molecule has 15 heavy (non-hydrogen) atoms. The average molecular weight is 218 g/mol. The largest absolute Gasteiger partial charge is 0.342 e. The lowest BCUT2D eigenvalue weighted by Crippen LogP contribution is -2.33. The number of amides is 1. The van der Waals surface area contributed by atoms with E-state index >= 15 is 0 Å². The number of rotatable bonds is 2. The van der Waals surface area contributed by atoms with Gasteiger partial charge < -0.3 is 10.6 Å². The summed E-state index contributed by atoms with van der Waals surface area (Å²) < 4.78 is 26.7. The first-order valence-electron chi connectivity index (χ1n) is 5.40. The number of likely N-dealkylation sites (tertiary alicyclic amines) is 1. The van der Waals surface area contributed by atoms with Crippen LogP contribution in [-0.4, -0.2) is 36.4 Å². The molecule has 0 bridgehead atoms. The molecule has 86 valence electrons. The van der Waals surface area contributed by atoms with E-state index in [1.165, 1.54) is 0 Å². The zero-order valence-electron chi connectivity index (χ0n) is 8.59. The van der Waals surface area contributed by atoms with E-state index in [-0.39, 0.29) is 31.2 Å². The van der Waals surface area contributed by atoms with E-state index in [0.717, 1.165) is 0 Å². The van der Waals surface area contributed by atoms with Gasteiger partial charge >= 0.3 is 0 Å². The Hall–Kier alpha value is -0.710. The lowest BCUT2D eigenvalue weighted by molar-refractivity contribution is -0.130. The van der Waals surface area contributed by atoms with Crippen LogP contribution in [0.2, 0.25) is 0 Å². The molecule has 5 heteroatoms. The van der Waals surface area contributed by atoms with Gasteiger partial charge in [-0.1, -0.05) is 0 Å². The molecule has 0 unspecified atom stereocenters. The van der Waals surface area contributed by atoms with E-state index in [4.69, 9.17) is 5.73 Å². The number of carbonyl (C=O) groups is 1. The fraction of sp³-hybridized carbons (Fsp3) is 0.900. The minimum atomic E-state index is -2.57. The summed E-state index contributed by atoms with van der Waals surface area (Å²) in [6, 6.07) is 0. The second-order valence-corrected chi connectivity index (χ2v) is 4.50. The third kappa shape index (κ3) is 1.85. The number of hydrogen-bond acceptors (Lipinski definition) is 2. The van der Waals surface area contributed by atoms with Gasteiger partial charge in [0.15, 0.2) is 0 Å². The van der Waals surface area contributed by atoms with Gasteiger partial charge in [-0.25, -0.2) is 8.78 Å². The molecule has 2 atom stereocenters. The monoisotopic (exact) mass is 218 g/mol. The number of carbonyl (C=O) groups excluding carboxylic acids is 1. The summed E-state index contributed by atoms with van der Waals surface area (Å²) in [7, 11) is 0. The molecule has 3 nitrogen and oxygen atoms in total. The molecule has 1 saturated heterocycles. The van der Waals surface area contributed by atoms with Gasteiger partial charge in [0.1, 0.15) is 0 Å². The normalized spacial score (nSPS) is 33.1. The van der Waals surface area contributed by atoms with Gasteiger partial charge in [0, 0.05) is 38.4 Å². The van der Waals surface area contributed by atoms with Crippen molar-refractivity contribution < 1.29 is 13.6 Å². The van der Waals surface area contributed by atoms with E-state index in [1.54, 1.807) is 4.90 Å². The Labute approximate surface area is 87.6 Å². The Morgan fingerprint density at radius 1 is 1.47 bits per heavy atom. The fourth-order valence-electron chi connectivity index (χ4n) is 2.69. The zero-order valence-corrected chi connectivity index (χ0v) is 8.59. The van der Waals surface area contributed by atoms with Crippen molar-refractivity contribution in [1.82, 2.24) is 4.90 Å². The van der Waals surface area contributed by atoms with Gasteiger partial charge in [-0.15, -0.1) is 0 Å². The first kappa shape index (κ1) is 10.8. The van der Waals surface area contributed by atoms with Gasteiger partial charge in [-0.05, 0) is 12.3 Å². The molecule has 2 rings (SSSR count). The Bertz CT molecular complexity index is 270. The van der Waals surface area contributed by atoms with Crippen LogP contribution in [-0.2, 0) is 4.79 Å². The molecule has 2 fully saturated rings. The number of nitrogens with two attached hydrogens (primary N) is 1. The maximum Gasteiger partial charge on any atom is 0.252 e. The molecule has 1 saturated carbocycles. The molecule has 0 spiro atoms. The van der Waals surface area contributed by atoms with Crippen molar-refractivity contribution in [3.63, 3.8) is 0 Å². The third-order valence-electron chi connectivity index (χ3n) is 3.54. The Morgan fingerprint density at radius 3 is 2.80 bits per heavy atom. The summed E-state index contributed by atoms with van der Waals surface area (Å²) in [6.07, 6.45) is 0.802. The first-order chi connectivity index (χ1) is 7.04. The maximum absolute atomic E-state index is 13.4. The van der Waals surface area contributed by atoms with Crippen LogP contribution in [0.15, 0.2) is 0 Å². The van der Waals surface area contributed by atoms with Crippen LogP contribution in [0, 0.1) is 11.8 Å². The summed E-state index contributed by atoms with van der Waals surface area (Å²) in [5.74, 6) is -3.26. The van der Waals surface area contributed by atoms with Crippen molar-refractivity contribution in [3.8, 4) is 0 Å². The summed E-state index contributed by atoms with van der Waals surface area (Å²) in [5.41, 5.74) is 5.27. The molecule has 1 aliphatic heterocycles. The predicted octanol–water partition coefficient (Wildman–Crippen LogP) is 0.839. The molecule has 0 aromatic heterocycles. The lowest BCUT2D eigenvalue weighted by Gasteiger charge is -2.20. The molecule has 1 heterocycles. The molecular formula is C10H16F2N2O.